The molecule has 1 aromatic heterocycles. The molecule has 0 spiro atoms. The Morgan fingerprint density at radius 3 is 2.58 bits per heavy atom. The van der Waals surface area contributed by atoms with Crippen LogP contribution in [-0.4, -0.2) is 17.6 Å². The van der Waals surface area contributed by atoms with Crippen LogP contribution in [0.5, 0.6) is 0 Å². The molecule has 0 amide bonds. The van der Waals surface area contributed by atoms with Crippen LogP contribution < -0.4 is 10.6 Å². The zero-order chi connectivity index (χ0) is 14.0. The van der Waals surface area contributed by atoms with Crippen LogP contribution in [0.25, 0.3) is 0 Å². The van der Waals surface area contributed by atoms with Crippen LogP contribution in [0.3, 0.4) is 0 Å². The molecule has 1 heterocycles. The minimum atomic E-state index is 0.0450. The molecule has 0 bridgehead atoms. The zero-order valence-electron chi connectivity index (χ0n) is 12.3. The van der Waals surface area contributed by atoms with E-state index in [0.717, 1.165) is 23.6 Å². The summed E-state index contributed by atoms with van der Waals surface area (Å²) >= 11 is 0. The minimum absolute atomic E-state index is 0.0450. The van der Waals surface area contributed by atoms with Gasteiger partial charge in [0.25, 0.3) is 0 Å². The molecule has 1 aromatic rings. The SMILES string of the molecule is C=CCN(c1cc(CN)cc(C(C)(C)C)n1)C1CC1. The average molecular weight is 259 g/mol. The molecule has 3 heteroatoms. The molecular weight excluding hydrogens is 234 g/mol. The zero-order valence-corrected chi connectivity index (χ0v) is 12.3. The van der Waals surface area contributed by atoms with Crippen LogP contribution >= 0.6 is 0 Å². The van der Waals surface area contributed by atoms with E-state index in [1.807, 2.05) is 6.08 Å². The Morgan fingerprint density at radius 1 is 1.42 bits per heavy atom. The van der Waals surface area contributed by atoms with E-state index in [-0.39, 0.29) is 5.41 Å². The van der Waals surface area contributed by atoms with Crippen molar-refractivity contribution < 1.29 is 0 Å². The number of anilines is 1. The van der Waals surface area contributed by atoms with Gasteiger partial charge >= 0.3 is 0 Å². The van der Waals surface area contributed by atoms with E-state index in [1.165, 1.54) is 12.8 Å². The molecule has 1 aliphatic rings. The molecule has 1 aliphatic carbocycles. The summed E-state index contributed by atoms with van der Waals surface area (Å²) in [6, 6.07) is 4.88. The van der Waals surface area contributed by atoms with Crippen molar-refractivity contribution in [2.75, 3.05) is 11.4 Å². The number of nitrogens with two attached hydrogens (primary N) is 1. The number of hydrogen-bond acceptors (Lipinski definition) is 3. The monoisotopic (exact) mass is 259 g/mol. The highest BCUT2D eigenvalue weighted by molar-refractivity contribution is 5.46. The van der Waals surface area contributed by atoms with E-state index in [9.17, 15) is 0 Å². The van der Waals surface area contributed by atoms with Crippen molar-refractivity contribution in [2.45, 2.75) is 51.6 Å². The maximum atomic E-state index is 5.83. The first kappa shape index (κ1) is 14.1. The molecule has 1 saturated carbocycles. The van der Waals surface area contributed by atoms with Crippen molar-refractivity contribution in [1.82, 2.24) is 4.98 Å². The van der Waals surface area contributed by atoms with Gasteiger partial charge in [0, 0.05) is 30.2 Å². The second-order valence-corrected chi connectivity index (χ2v) is 6.35. The number of aromatic nitrogens is 1. The van der Waals surface area contributed by atoms with Gasteiger partial charge in [0.15, 0.2) is 0 Å². The van der Waals surface area contributed by atoms with E-state index >= 15 is 0 Å². The number of hydrogen-bond donors (Lipinski definition) is 1. The summed E-state index contributed by atoms with van der Waals surface area (Å²) in [4.78, 5) is 7.20. The molecular formula is C16H25N3. The summed E-state index contributed by atoms with van der Waals surface area (Å²) in [5.74, 6) is 1.05. The van der Waals surface area contributed by atoms with Crippen LogP contribution in [0.15, 0.2) is 24.8 Å². The van der Waals surface area contributed by atoms with Gasteiger partial charge in [-0.15, -0.1) is 6.58 Å². The van der Waals surface area contributed by atoms with Gasteiger partial charge in [-0.1, -0.05) is 26.8 Å². The van der Waals surface area contributed by atoms with Crippen LogP contribution in [0, 0.1) is 0 Å². The van der Waals surface area contributed by atoms with E-state index in [2.05, 4.69) is 44.4 Å². The number of nitrogens with zero attached hydrogens (tertiary/aromatic N) is 2. The lowest BCUT2D eigenvalue weighted by atomic mass is 9.90. The standard InChI is InChI=1S/C16H25N3/c1-5-8-19(13-6-7-13)15-10-12(11-17)9-14(18-15)16(2,3)4/h5,9-10,13H,1,6-8,11,17H2,2-4H3. The second-order valence-electron chi connectivity index (χ2n) is 6.35. The van der Waals surface area contributed by atoms with Gasteiger partial charge in [-0.2, -0.15) is 0 Å². The van der Waals surface area contributed by atoms with Crippen molar-refractivity contribution in [2.24, 2.45) is 5.73 Å². The molecule has 1 fully saturated rings. The van der Waals surface area contributed by atoms with Crippen molar-refractivity contribution in [3.8, 4) is 0 Å². The molecule has 0 atom stereocenters. The molecule has 0 radical (unpaired) electrons. The predicted octanol–water partition coefficient (Wildman–Crippen LogP) is 2.99. The van der Waals surface area contributed by atoms with Crippen molar-refractivity contribution >= 4 is 5.82 Å². The lowest BCUT2D eigenvalue weighted by Gasteiger charge is -2.26. The molecule has 104 valence electrons. The van der Waals surface area contributed by atoms with Gasteiger partial charge in [-0.3, -0.25) is 0 Å². The average Bonchev–Trinajstić information content (AvgIpc) is 3.18. The Labute approximate surface area is 116 Å². The largest absolute Gasteiger partial charge is 0.350 e. The third kappa shape index (κ3) is 3.35. The summed E-state index contributed by atoms with van der Waals surface area (Å²) in [6.07, 6.45) is 4.46. The van der Waals surface area contributed by atoms with Crippen LogP contribution in [0.1, 0.15) is 44.9 Å². The Balaban J connectivity index is 2.40. The lowest BCUT2D eigenvalue weighted by Crippen LogP contribution is -2.28. The predicted molar refractivity (Wildman–Crippen MR) is 81.4 cm³/mol. The fourth-order valence-electron chi connectivity index (χ4n) is 2.18. The number of rotatable bonds is 5. The quantitative estimate of drug-likeness (QED) is 0.827. The fraction of sp³-hybridized carbons (Fsp3) is 0.562. The fourth-order valence-corrected chi connectivity index (χ4v) is 2.18. The molecule has 0 saturated heterocycles. The first-order chi connectivity index (χ1) is 8.95. The molecule has 3 nitrogen and oxygen atoms in total. The minimum Gasteiger partial charge on any atom is -0.350 e. The van der Waals surface area contributed by atoms with E-state index < -0.39 is 0 Å². The van der Waals surface area contributed by atoms with Gasteiger partial charge in [0.2, 0.25) is 0 Å². The van der Waals surface area contributed by atoms with Gasteiger partial charge in [-0.05, 0) is 30.5 Å². The van der Waals surface area contributed by atoms with Gasteiger partial charge < -0.3 is 10.6 Å². The van der Waals surface area contributed by atoms with Gasteiger partial charge in [0.05, 0.1) is 0 Å². The Hall–Kier alpha value is -1.35. The van der Waals surface area contributed by atoms with E-state index in [4.69, 9.17) is 10.7 Å². The maximum Gasteiger partial charge on any atom is 0.129 e. The highest BCUT2D eigenvalue weighted by atomic mass is 15.2. The summed E-state index contributed by atoms with van der Waals surface area (Å²) in [5.41, 5.74) is 8.14. The summed E-state index contributed by atoms with van der Waals surface area (Å²) in [6.45, 7) is 11.8. The van der Waals surface area contributed by atoms with Crippen molar-refractivity contribution in [1.29, 1.82) is 0 Å². The van der Waals surface area contributed by atoms with Crippen LogP contribution in [0.2, 0.25) is 0 Å². The molecule has 2 rings (SSSR count). The van der Waals surface area contributed by atoms with Crippen molar-refractivity contribution in [3.63, 3.8) is 0 Å². The second kappa shape index (κ2) is 5.33. The summed E-state index contributed by atoms with van der Waals surface area (Å²) < 4.78 is 0. The number of pyridine rings is 1. The molecule has 0 unspecified atom stereocenters. The normalized spacial score (nSPS) is 15.4. The third-order valence-corrected chi connectivity index (χ3v) is 3.48. The maximum absolute atomic E-state index is 5.83. The van der Waals surface area contributed by atoms with Crippen LogP contribution in [-0.2, 0) is 12.0 Å². The first-order valence-corrected chi connectivity index (χ1v) is 7.04. The van der Waals surface area contributed by atoms with Gasteiger partial charge in [-0.25, -0.2) is 4.98 Å². The van der Waals surface area contributed by atoms with E-state index in [1.54, 1.807) is 0 Å². The van der Waals surface area contributed by atoms with Gasteiger partial charge in [0.1, 0.15) is 5.82 Å². The highest BCUT2D eigenvalue weighted by Crippen LogP contribution is 2.32. The Kier molecular flexibility index (Phi) is 3.95. The topological polar surface area (TPSA) is 42.1 Å². The summed E-state index contributed by atoms with van der Waals surface area (Å²) in [7, 11) is 0. The lowest BCUT2D eigenvalue weighted by molar-refractivity contribution is 0.566. The smallest absolute Gasteiger partial charge is 0.129 e. The first-order valence-electron chi connectivity index (χ1n) is 7.04. The molecule has 19 heavy (non-hydrogen) atoms. The Morgan fingerprint density at radius 2 is 2.11 bits per heavy atom. The van der Waals surface area contributed by atoms with E-state index in [0.29, 0.717) is 12.6 Å². The molecule has 0 aliphatic heterocycles. The molecule has 0 aromatic carbocycles. The third-order valence-electron chi connectivity index (χ3n) is 3.48. The Bertz CT molecular complexity index is 456. The van der Waals surface area contributed by atoms with Crippen LogP contribution in [0.4, 0.5) is 5.82 Å². The highest BCUT2D eigenvalue weighted by Gasteiger charge is 2.30. The van der Waals surface area contributed by atoms with Crippen molar-refractivity contribution in [3.05, 3.63) is 36.0 Å². The molecule has 2 N–H and O–H groups in total. The summed E-state index contributed by atoms with van der Waals surface area (Å²) in [5, 5.41) is 0.